The second-order valence-corrected chi connectivity index (χ2v) is 9.55. The van der Waals surface area contributed by atoms with Gasteiger partial charge in [-0.25, -0.2) is 0 Å². The summed E-state index contributed by atoms with van der Waals surface area (Å²) in [4.78, 5) is 50.4. The highest BCUT2D eigenvalue weighted by molar-refractivity contribution is 6.24. The number of hydrogen-bond donors (Lipinski definition) is 6. The number of aliphatic hydroxyl groups excluding tert-OH is 2. The average Bonchev–Trinajstić information content (AvgIpc) is 2.75. The number of phenolic OH excluding ortho intramolecular Hbond substituents is 1. The Morgan fingerprint density at radius 1 is 1.16 bits per heavy atom. The van der Waals surface area contributed by atoms with Gasteiger partial charge in [0.1, 0.15) is 22.8 Å². The molecule has 3 aliphatic rings. The number of ketones is 2. The van der Waals surface area contributed by atoms with E-state index in [1.54, 1.807) is 39.2 Å². The lowest BCUT2D eigenvalue weighted by Crippen LogP contribution is -2.63. The number of rotatable bonds is 3. The van der Waals surface area contributed by atoms with E-state index in [2.05, 4.69) is 0 Å². The van der Waals surface area contributed by atoms with Crippen molar-refractivity contribution in [2.24, 2.45) is 17.6 Å². The number of aromatic hydroxyl groups is 1. The average molecular weight is 520 g/mol. The molecular weight excluding hydrogens is 492 g/mol. The topological polar surface area (TPSA) is 228 Å². The lowest BCUT2D eigenvalue weighted by Gasteiger charge is -2.50. The number of aliphatic hydroxyl groups is 3. The number of nitrogens with two attached hydrogens (primary N) is 1. The van der Waals surface area contributed by atoms with E-state index in [0.717, 1.165) is 5.69 Å². The van der Waals surface area contributed by atoms with Crippen LogP contribution < -0.4 is 10.6 Å². The molecule has 4 atom stereocenters. The lowest BCUT2D eigenvalue weighted by molar-refractivity contribution is -0.742. The van der Waals surface area contributed by atoms with Crippen LogP contribution in [0.2, 0.25) is 0 Å². The van der Waals surface area contributed by atoms with Crippen LogP contribution in [-0.4, -0.2) is 92.9 Å². The third-order valence-corrected chi connectivity index (χ3v) is 7.06. The molecule has 1 amide bonds. The van der Waals surface area contributed by atoms with Gasteiger partial charge in [-0.05, 0) is 50.6 Å². The van der Waals surface area contributed by atoms with Crippen molar-refractivity contribution in [3.05, 3.63) is 56.0 Å². The van der Waals surface area contributed by atoms with E-state index in [9.17, 15) is 34.8 Å². The third kappa shape index (κ3) is 4.13. The van der Waals surface area contributed by atoms with Gasteiger partial charge in [-0.1, -0.05) is 0 Å². The lowest BCUT2D eigenvalue weighted by atomic mass is 9.58. The fourth-order valence-electron chi connectivity index (χ4n) is 5.65. The molecule has 1 aromatic carbocycles. The second kappa shape index (κ2) is 9.37. The number of nitrogens with zero attached hydrogens (tertiary/aromatic N) is 3. The van der Waals surface area contributed by atoms with Gasteiger partial charge < -0.3 is 36.3 Å². The van der Waals surface area contributed by atoms with Gasteiger partial charge in [0.15, 0.2) is 11.4 Å². The number of carbonyl (C=O) groups is 3. The quantitative estimate of drug-likeness (QED) is 0.173. The summed E-state index contributed by atoms with van der Waals surface area (Å²) in [6.45, 7) is 0. The van der Waals surface area contributed by atoms with Gasteiger partial charge in [-0.3, -0.25) is 19.3 Å². The van der Waals surface area contributed by atoms with Crippen LogP contribution in [0.25, 0.3) is 0 Å². The van der Waals surface area contributed by atoms with E-state index in [0.29, 0.717) is 5.56 Å². The van der Waals surface area contributed by atoms with Gasteiger partial charge in [-0.15, -0.1) is 10.1 Å². The number of carbonyl (C=O) groups excluding carboxylic acids is 3. The molecule has 0 radical (unpaired) electrons. The summed E-state index contributed by atoms with van der Waals surface area (Å²) in [5, 5.41) is 57.6. The summed E-state index contributed by atoms with van der Waals surface area (Å²) >= 11 is 0. The molecule has 0 spiro atoms. The van der Waals surface area contributed by atoms with Gasteiger partial charge in [-0.2, -0.15) is 0 Å². The SMILES string of the molecule is CN(C)c1ccc(O)c2c1C[C@H]1C[C@H]3[C@H](N(C)C)C(O)=C(C(N)=O)C(=O)[C@@]3(O)C(O)=C1C2=O.O=[N+]([O-])O. The summed E-state index contributed by atoms with van der Waals surface area (Å²) < 4.78 is 0. The zero-order chi connectivity index (χ0) is 28.1. The molecular formula is C23H28N4O10. The molecule has 0 aromatic heterocycles. The molecule has 0 unspecified atom stereocenters. The van der Waals surface area contributed by atoms with Crippen molar-refractivity contribution in [2.45, 2.75) is 24.5 Å². The zero-order valence-corrected chi connectivity index (χ0v) is 20.5. The fraction of sp³-hybridized carbons (Fsp3) is 0.435. The van der Waals surface area contributed by atoms with Gasteiger partial charge in [0.2, 0.25) is 5.78 Å². The standard InChI is InChI=1S/C23H27N3O7.HNO3/c1-25(2)12-5-6-13(27)15-10(12)7-9-8-11-17(26(3)4)19(29)16(22(24)32)21(31)23(11,33)20(30)14(9)18(15)28;2-1(3)4/h5-6,9,11,17,27,29-30,33H,7-8H2,1-4H3,(H2,24,32);(H,2,3,4)/t9-,11-,17-,23-;/m0./s1. The zero-order valence-electron chi connectivity index (χ0n) is 20.5. The first-order valence-corrected chi connectivity index (χ1v) is 11.1. The van der Waals surface area contributed by atoms with Crippen LogP contribution in [0.3, 0.4) is 0 Å². The van der Waals surface area contributed by atoms with E-state index >= 15 is 0 Å². The minimum atomic E-state index is -2.63. The van der Waals surface area contributed by atoms with Gasteiger partial charge in [0.05, 0.1) is 11.6 Å². The molecule has 4 rings (SSSR count). The maximum Gasteiger partial charge on any atom is 0.291 e. The van der Waals surface area contributed by atoms with Crippen molar-refractivity contribution >= 4 is 23.2 Å². The number of amides is 1. The maximum atomic E-state index is 13.5. The predicted octanol–water partition coefficient (Wildman–Crippen LogP) is -0.161. The van der Waals surface area contributed by atoms with Crippen LogP contribution in [0.15, 0.2) is 34.8 Å². The van der Waals surface area contributed by atoms with Crippen molar-refractivity contribution in [3.8, 4) is 5.75 Å². The van der Waals surface area contributed by atoms with Crippen LogP contribution in [0.5, 0.6) is 5.75 Å². The first-order chi connectivity index (χ1) is 17.1. The van der Waals surface area contributed by atoms with Crippen molar-refractivity contribution in [1.29, 1.82) is 0 Å². The van der Waals surface area contributed by atoms with E-state index < -0.39 is 63.1 Å². The minimum absolute atomic E-state index is 0.00184. The van der Waals surface area contributed by atoms with Crippen LogP contribution >= 0.6 is 0 Å². The maximum absolute atomic E-state index is 13.5. The molecule has 0 saturated carbocycles. The Kier molecular flexibility index (Phi) is 6.94. The Morgan fingerprint density at radius 3 is 2.22 bits per heavy atom. The molecule has 3 aliphatic carbocycles. The number of benzene rings is 1. The van der Waals surface area contributed by atoms with Gasteiger partial charge in [0, 0.05) is 31.3 Å². The molecule has 0 fully saturated rings. The second-order valence-electron chi connectivity index (χ2n) is 9.55. The Balaban J connectivity index is 0.000000886. The van der Waals surface area contributed by atoms with Crippen LogP contribution in [0.1, 0.15) is 22.3 Å². The van der Waals surface area contributed by atoms with Crippen LogP contribution in [0, 0.1) is 22.0 Å². The number of hydrogen-bond acceptors (Lipinski definition) is 11. The Morgan fingerprint density at radius 2 is 1.73 bits per heavy atom. The molecule has 0 bridgehead atoms. The molecule has 200 valence electrons. The molecule has 0 heterocycles. The number of fused-ring (bicyclic) bond motifs is 3. The number of phenols is 1. The van der Waals surface area contributed by atoms with E-state index in [4.69, 9.17) is 21.1 Å². The predicted molar refractivity (Wildman–Crippen MR) is 127 cm³/mol. The highest BCUT2D eigenvalue weighted by Gasteiger charge is 2.63. The van der Waals surface area contributed by atoms with E-state index in [1.807, 2.05) is 0 Å². The van der Waals surface area contributed by atoms with Crippen molar-refractivity contribution in [2.75, 3.05) is 33.1 Å². The fourth-order valence-corrected chi connectivity index (χ4v) is 5.65. The molecule has 0 aliphatic heterocycles. The number of allylic oxidation sites excluding steroid dienone is 1. The summed E-state index contributed by atoms with van der Waals surface area (Å²) in [7, 11) is 6.79. The Bertz CT molecular complexity index is 1260. The van der Waals surface area contributed by atoms with Crippen LogP contribution in [0.4, 0.5) is 5.69 Å². The molecule has 1 aromatic rings. The van der Waals surface area contributed by atoms with Gasteiger partial charge in [0.25, 0.3) is 11.0 Å². The van der Waals surface area contributed by atoms with E-state index in [-0.39, 0.29) is 29.7 Å². The first kappa shape index (κ1) is 27.4. The highest BCUT2D eigenvalue weighted by Crippen LogP contribution is 2.52. The minimum Gasteiger partial charge on any atom is -0.510 e. The molecule has 14 nitrogen and oxygen atoms in total. The van der Waals surface area contributed by atoms with Crippen molar-refractivity contribution in [1.82, 2.24) is 4.90 Å². The summed E-state index contributed by atoms with van der Waals surface area (Å²) in [5.74, 6) is -6.53. The molecule has 37 heavy (non-hydrogen) atoms. The van der Waals surface area contributed by atoms with Crippen molar-refractivity contribution in [3.63, 3.8) is 0 Å². The summed E-state index contributed by atoms with van der Waals surface area (Å²) in [6, 6.07) is 2.06. The summed E-state index contributed by atoms with van der Waals surface area (Å²) in [6.07, 6.45) is 0.324. The summed E-state index contributed by atoms with van der Waals surface area (Å²) in [5.41, 5.74) is 3.02. The Hall–Kier alpha value is -4.17. The van der Waals surface area contributed by atoms with E-state index in [1.165, 1.54) is 11.0 Å². The monoisotopic (exact) mass is 520 g/mol. The third-order valence-electron chi connectivity index (χ3n) is 7.06. The van der Waals surface area contributed by atoms with Crippen molar-refractivity contribution < 1.29 is 45.1 Å². The highest BCUT2D eigenvalue weighted by atomic mass is 16.9. The Labute approximate surface area is 210 Å². The normalized spacial score (nSPS) is 26.6. The molecule has 7 N–H and O–H groups in total. The largest absolute Gasteiger partial charge is 0.510 e. The number of primary amides is 1. The first-order valence-electron chi connectivity index (χ1n) is 11.1. The number of Topliss-reactive ketones (excluding diaryl/α,β-unsaturated/α-hetero) is 2. The van der Waals surface area contributed by atoms with Crippen LogP contribution in [-0.2, 0) is 16.0 Å². The number of likely N-dealkylation sites (N-methyl/N-ethyl adjacent to an activating group) is 1. The molecule has 0 saturated heterocycles. The number of anilines is 1. The van der Waals surface area contributed by atoms with Gasteiger partial charge >= 0.3 is 0 Å². The smallest absolute Gasteiger partial charge is 0.291 e. The molecule has 14 heteroatoms.